The molecular formula is C12H8F2N2O2. The molecule has 1 amide bonds. The fourth-order valence-electron chi connectivity index (χ4n) is 1.35. The molecule has 2 N–H and O–H groups in total. The van der Waals surface area contributed by atoms with E-state index in [9.17, 15) is 18.4 Å². The molecule has 1 aromatic carbocycles. The lowest BCUT2D eigenvalue weighted by Gasteiger charge is -2.04. The Morgan fingerprint density at radius 2 is 1.94 bits per heavy atom. The predicted octanol–water partition coefficient (Wildman–Crippen LogP) is 1.91. The first-order valence-electron chi connectivity index (χ1n) is 5.02. The van der Waals surface area contributed by atoms with Gasteiger partial charge in [0.05, 0.1) is 0 Å². The van der Waals surface area contributed by atoms with E-state index in [1.54, 1.807) is 0 Å². The van der Waals surface area contributed by atoms with Crippen LogP contribution in [0.5, 0.6) is 0 Å². The smallest absolute Gasteiger partial charge is 0.271 e. The first-order chi connectivity index (χ1) is 8.58. The van der Waals surface area contributed by atoms with Crippen LogP contribution in [0.3, 0.4) is 0 Å². The Balaban J connectivity index is 2.25. The van der Waals surface area contributed by atoms with E-state index in [2.05, 4.69) is 10.3 Å². The normalized spacial score (nSPS) is 10.1. The van der Waals surface area contributed by atoms with Gasteiger partial charge in [-0.3, -0.25) is 9.59 Å². The monoisotopic (exact) mass is 250 g/mol. The highest BCUT2D eigenvalue weighted by molar-refractivity contribution is 6.04. The fourth-order valence-corrected chi connectivity index (χ4v) is 1.35. The second-order valence-electron chi connectivity index (χ2n) is 3.50. The molecule has 0 saturated carbocycles. The van der Waals surface area contributed by atoms with Gasteiger partial charge in [0.2, 0.25) is 0 Å². The number of benzene rings is 1. The van der Waals surface area contributed by atoms with Gasteiger partial charge in [-0.05, 0) is 30.3 Å². The number of aromatic nitrogens is 1. The number of carbonyl (C=O) groups excluding carboxylic acids is 1. The third-order valence-corrected chi connectivity index (χ3v) is 2.25. The topological polar surface area (TPSA) is 62.0 Å². The zero-order valence-electron chi connectivity index (χ0n) is 9.04. The molecule has 2 aromatic rings. The zero-order chi connectivity index (χ0) is 13.1. The summed E-state index contributed by atoms with van der Waals surface area (Å²) < 4.78 is 25.6. The number of carbonyl (C=O) groups is 1. The maximum Gasteiger partial charge on any atom is 0.271 e. The molecule has 0 aliphatic rings. The number of pyridine rings is 1. The Hall–Kier alpha value is -2.50. The Morgan fingerprint density at radius 1 is 1.17 bits per heavy atom. The predicted molar refractivity (Wildman–Crippen MR) is 61.4 cm³/mol. The third-order valence-electron chi connectivity index (χ3n) is 2.25. The Kier molecular flexibility index (Phi) is 3.18. The van der Waals surface area contributed by atoms with Crippen LogP contribution in [0.2, 0.25) is 0 Å². The van der Waals surface area contributed by atoms with Gasteiger partial charge < -0.3 is 10.3 Å². The van der Waals surface area contributed by atoms with E-state index < -0.39 is 23.1 Å². The van der Waals surface area contributed by atoms with E-state index in [1.165, 1.54) is 18.3 Å². The lowest BCUT2D eigenvalue weighted by atomic mass is 10.2. The Labute approximate surface area is 100 Å². The third kappa shape index (κ3) is 2.42. The summed E-state index contributed by atoms with van der Waals surface area (Å²) >= 11 is 0. The van der Waals surface area contributed by atoms with Gasteiger partial charge in [0.15, 0.2) is 11.6 Å². The van der Waals surface area contributed by atoms with E-state index in [0.717, 1.165) is 18.2 Å². The summed E-state index contributed by atoms with van der Waals surface area (Å²) in [5.41, 5.74) is -0.516. The fraction of sp³-hybridized carbons (Fsp3) is 0. The molecule has 1 heterocycles. The summed E-state index contributed by atoms with van der Waals surface area (Å²) in [6, 6.07) is 5.67. The van der Waals surface area contributed by atoms with Crippen LogP contribution in [0.15, 0.2) is 41.3 Å². The van der Waals surface area contributed by atoms with Crippen molar-refractivity contribution in [3.05, 3.63) is 64.1 Å². The SMILES string of the molecule is O=C(Nc1ccc[nH]c1=O)c1ccc(F)c(F)c1. The molecule has 4 nitrogen and oxygen atoms in total. The maximum absolute atomic E-state index is 12.9. The van der Waals surface area contributed by atoms with Gasteiger partial charge in [-0.1, -0.05) is 0 Å². The minimum absolute atomic E-state index is 0.0345. The molecule has 0 aliphatic carbocycles. The van der Waals surface area contributed by atoms with Crippen molar-refractivity contribution >= 4 is 11.6 Å². The number of halogens is 2. The van der Waals surface area contributed by atoms with Crippen molar-refractivity contribution in [3.63, 3.8) is 0 Å². The van der Waals surface area contributed by atoms with Gasteiger partial charge in [-0.25, -0.2) is 8.78 Å². The lowest BCUT2D eigenvalue weighted by Crippen LogP contribution is -2.19. The number of amides is 1. The molecular weight excluding hydrogens is 242 g/mol. The number of hydrogen-bond acceptors (Lipinski definition) is 2. The highest BCUT2D eigenvalue weighted by atomic mass is 19.2. The van der Waals surface area contributed by atoms with Gasteiger partial charge in [0.1, 0.15) is 5.69 Å². The van der Waals surface area contributed by atoms with Gasteiger partial charge in [-0.15, -0.1) is 0 Å². The molecule has 0 aliphatic heterocycles. The number of hydrogen-bond donors (Lipinski definition) is 2. The summed E-state index contributed by atoms with van der Waals surface area (Å²) in [6.07, 6.45) is 1.41. The molecule has 18 heavy (non-hydrogen) atoms. The number of nitrogens with one attached hydrogen (secondary N) is 2. The van der Waals surface area contributed by atoms with E-state index in [1.807, 2.05) is 0 Å². The lowest BCUT2D eigenvalue weighted by molar-refractivity contribution is 0.102. The molecule has 0 radical (unpaired) electrons. The van der Waals surface area contributed by atoms with Crippen LogP contribution in [-0.2, 0) is 0 Å². The number of H-pyrrole nitrogens is 1. The van der Waals surface area contributed by atoms with E-state index in [4.69, 9.17) is 0 Å². The molecule has 0 bridgehead atoms. The molecule has 0 spiro atoms. The quantitative estimate of drug-likeness (QED) is 0.855. The number of anilines is 1. The standard InChI is InChI=1S/C12H8F2N2O2/c13-8-4-3-7(6-9(8)14)11(17)16-10-2-1-5-15-12(10)18/h1-6H,(H,15,18)(H,16,17). The van der Waals surface area contributed by atoms with Crippen molar-refractivity contribution in [3.8, 4) is 0 Å². The number of rotatable bonds is 2. The van der Waals surface area contributed by atoms with Gasteiger partial charge in [0.25, 0.3) is 11.5 Å². The highest BCUT2D eigenvalue weighted by Gasteiger charge is 2.11. The summed E-state index contributed by atoms with van der Waals surface area (Å²) in [7, 11) is 0. The summed E-state index contributed by atoms with van der Waals surface area (Å²) in [4.78, 5) is 25.4. The summed E-state index contributed by atoms with van der Waals surface area (Å²) in [5, 5.41) is 2.30. The minimum Gasteiger partial charge on any atom is -0.327 e. The average molecular weight is 250 g/mol. The Bertz CT molecular complexity index is 653. The molecule has 0 saturated heterocycles. The molecule has 0 fully saturated rings. The second kappa shape index (κ2) is 4.79. The summed E-state index contributed by atoms with van der Waals surface area (Å²) in [5.74, 6) is -2.85. The first-order valence-corrected chi connectivity index (χ1v) is 5.02. The maximum atomic E-state index is 12.9. The van der Waals surface area contributed by atoms with E-state index >= 15 is 0 Å². The minimum atomic E-state index is -1.12. The van der Waals surface area contributed by atoms with Crippen molar-refractivity contribution in [1.82, 2.24) is 4.98 Å². The average Bonchev–Trinajstić information content (AvgIpc) is 2.35. The van der Waals surface area contributed by atoms with Crippen molar-refractivity contribution in [2.45, 2.75) is 0 Å². The van der Waals surface area contributed by atoms with Crippen LogP contribution in [0, 0.1) is 11.6 Å². The summed E-state index contributed by atoms with van der Waals surface area (Å²) in [6.45, 7) is 0. The van der Waals surface area contributed by atoms with Gasteiger partial charge >= 0.3 is 0 Å². The molecule has 0 atom stereocenters. The Morgan fingerprint density at radius 3 is 2.61 bits per heavy atom. The van der Waals surface area contributed by atoms with Crippen molar-refractivity contribution in [2.24, 2.45) is 0 Å². The molecule has 6 heteroatoms. The molecule has 0 unspecified atom stereocenters. The van der Waals surface area contributed by atoms with Crippen LogP contribution >= 0.6 is 0 Å². The first kappa shape index (κ1) is 12.0. The van der Waals surface area contributed by atoms with Gasteiger partial charge in [0, 0.05) is 11.8 Å². The van der Waals surface area contributed by atoms with Crippen LogP contribution in [-0.4, -0.2) is 10.9 Å². The van der Waals surface area contributed by atoms with Crippen LogP contribution < -0.4 is 10.9 Å². The largest absolute Gasteiger partial charge is 0.327 e. The van der Waals surface area contributed by atoms with Crippen LogP contribution in [0.4, 0.5) is 14.5 Å². The second-order valence-corrected chi connectivity index (χ2v) is 3.50. The highest BCUT2D eigenvalue weighted by Crippen LogP contribution is 2.10. The van der Waals surface area contributed by atoms with E-state index in [0.29, 0.717) is 0 Å². The molecule has 2 rings (SSSR count). The molecule has 92 valence electrons. The van der Waals surface area contributed by atoms with Crippen molar-refractivity contribution in [1.29, 1.82) is 0 Å². The number of aromatic amines is 1. The van der Waals surface area contributed by atoms with Gasteiger partial charge in [-0.2, -0.15) is 0 Å². The van der Waals surface area contributed by atoms with Crippen molar-refractivity contribution in [2.75, 3.05) is 5.32 Å². The van der Waals surface area contributed by atoms with Crippen molar-refractivity contribution < 1.29 is 13.6 Å². The molecule has 1 aromatic heterocycles. The zero-order valence-corrected chi connectivity index (χ0v) is 9.04. The van der Waals surface area contributed by atoms with Crippen LogP contribution in [0.25, 0.3) is 0 Å². The van der Waals surface area contributed by atoms with E-state index in [-0.39, 0.29) is 11.3 Å². The van der Waals surface area contributed by atoms with Crippen LogP contribution in [0.1, 0.15) is 10.4 Å².